The molecule has 0 aliphatic carbocycles. The normalized spacial score (nSPS) is 10.3. The molecule has 0 amide bonds. The Hall–Kier alpha value is -1.29. The van der Waals surface area contributed by atoms with Gasteiger partial charge in [0.1, 0.15) is 0 Å². The number of nitrogens with one attached hydrogen (secondary N) is 1. The van der Waals surface area contributed by atoms with Gasteiger partial charge in [-0.15, -0.1) is 0 Å². The van der Waals surface area contributed by atoms with Crippen LogP contribution in [-0.2, 0) is 0 Å². The largest absolute Gasteiger partial charge is 0.423 e. The molecule has 0 saturated carbocycles. The van der Waals surface area contributed by atoms with E-state index in [4.69, 9.17) is 4.42 Å². The molecule has 2 rings (SSSR count). The van der Waals surface area contributed by atoms with E-state index in [-0.39, 0.29) is 0 Å². The molecule has 1 aromatic carbocycles. The first-order valence-corrected chi connectivity index (χ1v) is 5.41. The number of halogens is 1. The minimum Gasteiger partial charge on any atom is -0.423 e. The highest BCUT2D eigenvalue weighted by Gasteiger charge is 2.10. The van der Waals surface area contributed by atoms with Crippen LogP contribution in [0.25, 0.3) is 11.3 Å². The van der Waals surface area contributed by atoms with Crippen LogP contribution in [-0.4, -0.2) is 12.0 Å². The zero-order valence-corrected chi connectivity index (χ0v) is 10.1. The van der Waals surface area contributed by atoms with Crippen LogP contribution in [0.2, 0.25) is 0 Å². The zero-order chi connectivity index (χ0) is 10.8. The maximum Gasteiger partial charge on any atom is 0.295 e. The molecule has 1 heterocycles. The Labute approximate surface area is 96.6 Å². The molecule has 0 bridgehead atoms. The van der Waals surface area contributed by atoms with Crippen molar-refractivity contribution < 1.29 is 4.42 Å². The summed E-state index contributed by atoms with van der Waals surface area (Å²) < 4.78 is 6.59. The lowest BCUT2D eigenvalue weighted by Gasteiger charge is -1.98. The van der Waals surface area contributed by atoms with Crippen molar-refractivity contribution in [2.75, 3.05) is 12.4 Å². The first-order valence-electron chi connectivity index (χ1n) is 4.62. The molecule has 0 saturated heterocycles. The number of oxazole rings is 1. The minimum atomic E-state index is 0.544. The van der Waals surface area contributed by atoms with E-state index in [0.29, 0.717) is 6.01 Å². The number of aryl methyl sites for hydroxylation is 1. The molecule has 0 spiro atoms. The van der Waals surface area contributed by atoms with Crippen LogP contribution >= 0.6 is 15.9 Å². The van der Waals surface area contributed by atoms with Crippen molar-refractivity contribution in [2.24, 2.45) is 0 Å². The number of nitrogens with zero attached hydrogens (tertiary/aromatic N) is 1. The number of rotatable bonds is 2. The summed E-state index contributed by atoms with van der Waals surface area (Å²) >= 11 is 3.43. The van der Waals surface area contributed by atoms with Gasteiger partial charge in [0, 0.05) is 17.1 Å². The average Bonchev–Trinajstić information content (AvgIpc) is 2.60. The first kappa shape index (κ1) is 10.2. The zero-order valence-electron chi connectivity index (χ0n) is 8.54. The van der Waals surface area contributed by atoms with Gasteiger partial charge in [0.2, 0.25) is 0 Å². The maximum absolute atomic E-state index is 5.56. The summed E-state index contributed by atoms with van der Waals surface area (Å²) in [5, 5.41) is 2.88. The van der Waals surface area contributed by atoms with Crippen LogP contribution in [0, 0.1) is 6.92 Å². The monoisotopic (exact) mass is 266 g/mol. The number of benzene rings is 1. The van der Waals surface area contributed by atoms with Gasteiger partial charge in [0.25, 0.3) is 6.01 Å². The van der Waals surface area contributed by atoms with E-state index in [9.17, 15) is 0 Å². The first-order chi connectivity index (χ1) is 7.20. The van der Waals surface area contributed by atoms with Crippen molar-refractivity contribution in [1.29, 1.82) is 0 Å². The van der Waals surface area contributed by atoms with Gasteiger partial charge in [-0.3, -0.25) is 0 Å². The number of anilines is 1. The van der Waals surface area contributed by atoms with Crippen molar-refractivity contribution >= 4 is 21.9 Å². The summed E-state index contributed by atoms with van der Waals surface area (Å²) in [6.07, 6.45) is 0. The van der Waals surface area contributed by atoms with Crippen molar-refractivity contribution in [3.05, 3.63) is 34.4 Å². The van der Waals surface area contributed by atoms with Crippen LogP contribution in [0.5, 0.6) is 0 Å². The van der Waals surface area contributed by atoms with Gasteiger partial charge in [0.05, 0.1) is 5.69 Å². The third-order valence-electron chi connectivity index (χ3n) is 2.10. The van der Waals surface area contributed by atoms with Crippen molar-refractivity contribution in [3.63, 3.8) is 0 Å². The molecule has 0 aliphatic heterocycles. The second-order valence-corrected chi connectivity index (χ2v) is 4.11. The Morgan fingerprint density at radius 2 is 2.20 bits per heavy atom. The Morgan fingerprint density at radius 1 is 1.40 bits per heavy atom. The van der Waals surface area contributed by atoms with E-state index in [1.165, 1.54) is 0 Å². The van der Waals surface area contributed by atoms with Gasteiger partial charge in [-0.2, -0.15) is 4.98 Å². The highest BCUT2D eigenvalue weighted by molar-refractivity contribution is 9.10. The molecule has 0 aliphatic rings. The standard InChI is InChI=1S/C11H11BrN2O/c1-7-10(15-11(13-2)14-7)8-4-3-5-9(12)6-8/h3-6H,1-2H3,(H,13,14). The van der Waals surface area contributed by atoms with Crippen LogP contribution < -0.4 is 5.32 Å². The molecule has 0 unspecified atom stereocenters. The lowest BCUT2D eigenvalue weighted by molar-refractivity contribution is 0.589. The SMILES string of the molecule is CNc1nc(C)c(-c2cccc(Br)c2)o1. The van der Waals surface area contributed by atoms with Gasteiger partial charge in [-0.1, -0.05) is 28.1 Å². The fourth-order valence-corrected chi connectivity index (χ4v) is 1.80. The highest BCUT2D eigenvalue weighted by Crippen LogP contribution is 2.28. The fourth-order valence-electron chi connectivity index (χ4n) is 1.40. The molecular weight excluding hydrogens is 256 g/mol. The molecule has 3 nitrogen and oxygen atoms in total. The average molecular weight is 267 g/mol. The molecular formula is C11H11BrN2O. The summed E-state index contributed by atoms with van der Waals surface area (Å²) in [4.78, 5) is 4.24. The Morgan fingerprint density at radius 3 is 2.80 bits per heavy atom. The minimum absolute atomic E-state index is 0.544. The van der Waals surface area contributed by atoms with Gasteiger partial charge >= 0.3 is 0 Å². The number of hydrogen-bond donors (Lipinski definition) is 1. The van der Waals surface area contributed by atoms with Crippen LogP contribution in [0.4, 0.5) is 6.01 Å². The Bertz CT molecular complexity index is 479. The van der Waals surface area contributed by atoms with Gasteiger partial charge in [0.15, 0.2) is 5.76 Å². The lowest BCUT2D eigenvalue weighted by atomic mass is 10.1. The fraction of sp³-hybridized carbons (Fsp3) is 0.182. The maximum atomic E-state index is 5.56. The number of aromatic nitrogens is 1. The van der Waals surface area contributed by atoms with E-state index in [2.05, 4.69) is 26.2 Å². The van der Waals surface area contributed by atoms with E-state index >= 15 is 0 Å². The van der Waals surface area contributed by atoms with Crippen molar-refractivity contribution in [1.82, 2.24) is 4.98 Å². The quantitative estimate of drug-likeness (QED) is 0.905. The molecule has 1 N–H and O–H groups in total. The molecule has 1 aromatic heterocycles. The smallest absolute Gasteiger partial charge is 0.295 e. The van der Waals surface area contributed by atoms with E-state index < -0.39 is 0 Å². The molecule has 0 radical (unpaired) electrons. The summed E-state index contributed by atoms with van der Waals surface area (Å²) in [5.41, 5.74) is 1.91. The molecule has 78 valence electrons. The molecule has 15 heavy (non-hydrogen) atoms. The van der Waals surface area contributed by atoms with Gasteiger partial charge < -0.3 is 9.73 Å². The summed E-state index contributed by atoms with van der Waals surface area (Å²) in [5.74, 6) is 0.806. The van der Waals surface area contributed by atoms with E-state index in [0.717, 1.165) is 21.5 Å². The molecule has 2 aromatic rings. The Kier molecular flexibility index (Phi) is 2.77. The van der Waals surface area contributed by atoms with Crippen LogP contribution in [0.3, 0.4) is 0 Å². The van der Waals surface area contributed by atoms with Gasteiger partial charge in [-0.05, 0) is 19.1 Å². The third-order valence-corrected chi connectivity index (χ3v) is 2.59. The second-order valence-electron chi connectivity index (χ2n) is 3.19. The summed E-state index contributed by atoms with van der Waals surface area (Å²) in [7, 11) is 1.79. The third kappa shape index (κ3) is 2.04. The topological polar surface area (TPSA) is 38.1 Å². The molecule has 0 atom stereocenters. The predicted octanol–water partition coefficient (Wildman–Crippen LogP) is 3.45. The molecule has 0 fully saturated rings. The molecule has 4 heteroatoms. The lowest BCUT2D eigenvalue weighted by Crippen LogP contribution is -1.85. The van der Waals surface area contributed by atoms with Crippen molar-refractivity contribution in [2.45, 2.75) is 6.92 Å². The Balaban J connectivity index is 2.48. The summed E-state index contributed by atoms with van der Waals surface area (Å²) in [6, 6.07) is 8.50. The van der Waals surface area contributed by atoms with Crippen LogP contribution in [0.15, 0.2) is 33.2 Å². The second kappa shape index (κ2) is 4.06. The van der Waals surface area contributed by atoms with E-state index in [1.807, 2.05) is 31.2 Å². The summed E-state index contributed by atoms with van der Waals surface area (Å²) in [6.45, 7) is 1.93. The van der Waals surface area contributed by atoms with Crippen LogP contribution in [0.1, 0.15) is 5.69 Å². The van der Waals surface area contributed by atoms with E-state index in [1.54, 1.807) is 7.05 Å². The van der Waals surface area contributed by atoms with Gasteiger partial charge in [-0.25, -0.2) is 0 Å². The highest BCUT2D eigenvalue weighted by atomic mass is 79.9. The van der Waals surface area contributed by atoms with Crippen molar-refractivity contribution in [3.8, 4) is 11.3 Å². The number of hydrogen-bond acceptors (Lipinski definition) is 3. The predicted molar refractivity (Wildman–Crippen MR) is 63.9 cm³/mol.